The fraction of sp³-hybridized carbons (Fsp3) is 0.222. The molecule has 7 heteroatoms. The Morgan fingerprint density at radius 2 is 1.92 bits per heavy atom. The number of benzene rings is 2. The number of nitrogens with one attached hydrogen (secondary N) is 1. The van der Waals surface area contributed by atoms with Crippen LogP contribution in [0.5, 0.6) is 0 Å². The van der Waals surface area contributed by atoms with E-state index in [4.69, 9.17) is 16.3 Å². The van der Waals surface area contributed by atoms with Crippen LogP contribution < -0.4 is 10.2 Å². The summed E-state index contributed by atoms with van der Waals surface area (Å²) >= 11 is 7.49. The summed E-state index contributed by atoms with van der Waals surface area (Å²) in [7, 11) is 0. The van der Waals surface area contributed by atoms with Gasteiger partial charge in [-0.15, -0.1) is 0 Å². The summed E-state index contributed by atoms with van der Waals surface area (Å²) in [5, 5.41) is 4.53. The highest BCUT2D eigenvalue weighted by Gasteiger charge is 2.16. The van der Waals surface area contributed by atoms with Crippen LogP contribution in [0.15, 0.2) is 42.5 Å². The first-order valence-corrected chi connectivity index (χ1v) is 9.19. The number of fused-ring (bicyclic) bond motifs is 1. The summed E-state index contributed by atoms with van der Waals surface area (Å²) in [6.07, 6.45) is 0. The largest absolute Gasteiger partial charge is 0.378 e. The van der Waals surface area contributed by atoms with Crippen LogP contribution in [0.4, 0.5) is 10.8 Å². The van der Waals surface area contributed by atoms with Gasteiger partial charge >= 0.3 is 0 Å². The van der Waals surface area contributed by atoms with E-state index in [-0.39, 0.29) is 5.91 Å². The number of nitrogens with zero attached hydrogens (tertiary/aromatic N) is 2. The summed E-state index contributed by atoms with van der Waals surface area (Å²) < 4.78 is 6.44. The van der Waals surface area contributed by atoms with Gasteiger partial charge in [-0.25, -0.2) is 4.98 Å². The maximum absolute atomic E-state index is 12.3. The van der Waals surface area contributed by atoms with Gasteiger partial charge < -0.3 is 15.0 Å². The summed E-state index contributed by atoms with van der Waals surface area (Å²) in [6, 6.07) is 12.6. The van der Waals surface area contributed by atoms with E-state index in [9.17, 15) is 4.79 Å². The van der Waals surface area contributed by atoms with Crippen molar-refractivity contribution >= 4 is 49.9 Å². The lowest BCUT2D eigenvalue weighted by atomic mass is 10.2. The second-order valence-corrected chi connectivity index (χ2v) is 7.18. The molecule has 0 aliphatic carbocycles. The third kappa shape index (κ3) is 3.61. The summed E-state index contributed by atoms with van der Waals surface area (Å²) in [4.78, 5) is 19.2. The Morgan fingerprint density at radius 3 is 2.68 bits per heavy atom. The van der Waals surface area contributed by atoms with Crippen molar-refractivity contribution in [2.24, 2.45) is 0 Å². The van der Waals surface area contributed by atoms with Crippen LogP contribution in [0.3, 0.4) is 0 Å². The number of carbonyl (C=O) groups is 1. The van der Waals surface area contributed by atoms with Crippen molar-refractivity contribution in [2.75, 3.05) is 36.5 Å². The molecule has 1 aliphatic rings. The molecule has 5 nitrogen and oxygen atoms in total. The average molecular weight is 374 g/mol. The smallest absolute Gasteiger partial charge is 0.255 e. The number of hydrogen-bond acceptors (Lipinski definition) is 5. The number of morpholine rings is 1. The Kier molecular flexibility index (Phi) is 4.57. The van der Waals surface area contributed by atoms with Gasteiger partial charge in [-0.2, -0.15) is 0 Å². The molecule has 1 N–H and O–H groups in total. The predicted octanol–water partition coefficient (Wildman–Crippen LogP) is 4.04. The highest BCUT2D eigenvalue weighted by molar-refractivity contribution is 7.22. The summed E-state index contributed by atoms with van der Waals surface area (Å²) in [6.45, 7) is 3.19. The molecule has 0 bridgehead atoms. The van der Waals surface area contributed by atoms with Gasteiger partial charge in [0.15, 0.2) is 5.13 Å². The van der Waals surface area contributed by atoms with E-state index in [2.05, 4.69) is 15.2 Å². The Labute approximate surface area is 154 Å². The number of aromatic nitrogens is 1. The molecule has 0 spiro atoms. The van der Waals surface area contributed by atoms with E-state index in [1.54, 1.807) is 35.6 Å². The molecule has 0 unspecified atom stereocenters. The van der Waals surface area contributed by atoms with Crippen molar-refractivity contribution in [2.45, 2.75) is 0 Å². The van der Waals surface area contributed by atoms with Crippen LogP contribution in [-0.2, 0) is 4.74 Å². The molecular weight excluding hydrogens is 358 g/mol. The van der Waals surface area contributed by atoms with Gasteiger partial charge in [0, 0.05) is 29.4 Å². The fourth-order valence-electron chi connectivity index (χ4n) is 2.68. The minimum Gasteiger partial charge on any atom is -0.378 e. The first kappa shape index (κ1) is 16.3. The Bertz CT molecular complexity index is 904. The predicted molar refractivity (Wildman–Crippen MR) is 102 cm³/mol. The van der Waals surface area contributed by atoms with Crippen molar-refractivity contribution in [3.63, 3.8) is 0 Å². The second-order valence-electron chi connectivity index (χ2n) is 5.74. The molecule has 25 heavy (non-hydrogen) atoms. The second kappa shape index (κ2) is 7.00. The number of amides is 1. The third-order valence-electron chi connectivity index (χ3n) is 4.02. The Hall–Kier alpha value is -2.15. The van der Waals surface area contributed by atoms with Gasteiger partial charge in [0.1, 0.15) is 0 Å². The number of hydrogen-bond donors (Lipinski definition) is 1. The molecular formula is C18H16ClN3O2S. The monoisotopic (exact) mass is 373 g/mol. The van der Waals surface area contributed by atoms with E-state index >= 15 is 0 Å². The molecule has 0 saturated carbocycles. The molecule has 128 valence electrons. The number of thiazole rings is 1. The Balaban J connectivity index is 1.54. The number of ether oxygens (including phenoxy) is 1. The van der Waals surface area contributed by atoms with Crippen molar-refractivity contribution in [3.05, 3.63) is 53.1 Å². The molecule has 0 radical (unpaired) electrons. The first-order chi connectivity index (χ1) is 12.2. The van der Waals surface area contributed by atoms with Crippen molar-refractivity contribution < 1.29 is 9.53 Å². The van der Waals surface area contributed by atoms with E-state index in [1.165, 1.54) is 0 Å². The molecule has 2 aromatic carbocycles. The lowest BCUT2D eigenvalue weighted by Crippen LogP contribution is -2.36. The van der Waals surface area contributed by atoms with E-state index in [0.29, 0.717) is 10.6 Å². The highest BCUT2D eigenvalue weighted by atomic mass is 35.5. The molecule has 2 heterocycles. The van der Waals surface area contributed by atoms with Crippen LogP contribution in [0.25, 0.3) is 10.2 Å². The van der Waals surface area contributed by atoms with Gasteiger partial charge in [-0.1, -0.05) is 22.9 Å². The lowest BCUT2D eigenvalue weighted by Gasteiger charge is -2.25. The van der Waals surface area contributed by atoms with Gasteiger partial charge in [-0.3, -0.25) is 4.79 Å². The molecule has 3 aromatic rings. The van der Waals surface area contributed by atoms with Gasteiger partial charge in [-0.05, 0) is 42.5 Å². The molecule has 1 aliphatic heterocycles. The standard InChI is InChI=1S/C18H16ClN3O2S/c19-13-3-1-12(2-4-13)17(23)20-14-5-6-15-16(11-14)25-18(21-15)22-7-9-24-10-8-22/h1-6,11H,7-10H2,(H,20,23). The first-order valence-electron chi connectivity index (χ1n) is 7.99. The summed E-state index contributed by atoms with van der Waals surface area (Å²) in [5.74, 6) is -0.158. The highest BCUT2D eigenvalue weighted by Crippen LogP contribution is 2.31. The summed E-state index contributed by atoms with van der Waals surface area (Å²) in [5.41, 5.74) is 2.27. The number of halogens is 1. The van der Waals surface area contributed by atoms with E-state index in [0.717, 1.165) is 47.3 Å². The van der Waals surface area contributed by atoms with Gasteiger partial charge in [0.2, 0.25) is 0 Å². The zero-order valence-corrected chi connectivity index (χ0v) is 14.9. The minimum absolute atomic E-state index is 0.158. The molecule has 4 rings (SSSR count). The van der Waals surface area contributed by atoms with Crippen LogP contribution in [0.2, 0.25) is 5.02 Å². The lowest BCUT2D eigenvalue weighted by molar-refractivity contribution is 0.102. The number of carbonyl (C=O) groups excluding carboxylic acids is 1. The average Bonchev–Trinajstić information content (AvgIpc) is 3.06. The van der Waals surface area contributed by atoms with Crippen LogP contribution in [-0.4, -0.2) is 37.2 Å². The topological polar surface area (TPSA) is 54.5 Å². The van der Waals surface area contributed by atoms with Crippen LogP contribution in [0.1, 0.15) is 10.4 Å². The maximum atomic E-state index is 12.3. The zero-order chi connectivity index (χ0) is 17.2. The van der Waals surface area contributed by atoms with Crippen molar-refractivity contribution in [3.8, 4) is 0 Å². The minimum atomic E-state index is -0.158. The molecule has 0 atom stereocenters. The SMILES string of the molecule is O=C(Nc1ccc2nc(N3CCOCC3)sc2c1)c1ccc(Cl)cc1. The molecule has 1 aromatic heterocycles. The van der Waals surface area contributed by atoms with Crippen LogP contribution in [0, 0.1) is 0 Å². The maximum Gasteiger partial charge on any atom is 0.255 e. The fourth-order valence-corrected chi connectivity index (χ4v) is 3.87. The Morgan fingerprint density at radius 1 is 1.16 bits per heavy atom. The molecule has 1 fully saturated rings. The van der Waals surface area contributed by atoms with Gasteiger partial charge in [0.05, 0.1) is 23.4 Å². The molecule has 1 amide bonds. The van der Waals surface area contributed by atoms with E-state index in [1.807, 2.05) is 18.2 Å². The van der Waals surface area contributed by atoms with Crippen molar-refractivity contribution in [1.82, 2.24) is 4.98 Å². The number of anilines is 2. The number of rotatable bonds is 3. The molecule has 1 saturated heterocycles. The zero-order valence-electron chi connectivity index (χ0n) is 13.4. The van der Waals surface area contributed by atoms with Crippen molar-refractivity contribution in [1.29, 1.82) is 0 Å². The van der Waals surface area contributed by atoms with Gasteiger partial charge in [0.25, 0.3) is 5.91 Å². The quantitative estimate of drug-likeness (QED) is 0.752. The van der Waals surface area contributed by atoms with E-state index < -0.39 is 0 Å². The van der Waals surface area contributed by atoms with Crippen LogP contribution >= 0.6 is 22.9 Å². The third-order valence-corrected chi connectivity index (χ3v) is 5.35. The normalized spacial score (nSPS) is 14.7.